The van der Waals surface area contributed by atoms with Crippen LogP contribution in [0.4, 0.5) is 0 Å². The highest BCUT2D eigenvalue weighted by atomic mass is 32.1. The fourth-order valence-electron chi connectivity index (χ4n) is 1.04. The number of thiol groups is 1. The molecule has 12 heavy (non-hydrogen) atoms. The molecule has 64 valence electrons. The molecule has 0 aromatic heterocycles. The molecule has 0 saturated heterocycles. The molecule has 1 aromatic rings. The van der Waals surface area contributed by atoms with Gasteiger partial charge in [0.2, 0.25) is 5.91 Å². The van der Waals surface area contributed by atoms with Crippen molar-refractivity contribution in [2.24, 2.45) is 5.73 Å². The van der Waals surface area contributed by atoms with Gasteiger partial charge in [0.25, 0.3) is 0 Å². The van der Waals surface area contributed by atoms with Crippen LogP contribution in [0.1, 0.15) is 11.5 Å². The van der Waals surface area contributed by atoms with Crippen LogP contribution in [0.2, 0.25) is 0 Å². The molecule has 0 aliphatic rings. The van der Waals surface area contributed by atoms with E-state index in [0.29, 0.717) is 5.75 Å². The maximum atomic E-state index is 10.9. The molecule has 0 radical (unpaired) electrons. The Morgan fingerprint density at radius 2 is 2.00 bits per heavy atom. The van der Waals surface area contributed by atoms with Gasteiger partial charge in [0, 0.05) is 5.75 Å². The molecule has 2 nitrogen and oxygen atoms in total. The molecule has 1 atom stereocenters. The van der Waals surface area contributed by atoms with Gasteiger partial charge in [0.15, 0.2) is 0 Å². The second-order valence-corrected chi connectivity index (χ2v) is 2.91. The van der Waals surface area contributed by atoms with Gasteiger partial charge in [-0.15, -0.1) is 0 Å². The fourth-order valence-corrected chi connectivity index (χ4v) is 1.44. The van der Waals surface area contributed by atoms with Crippen molar-refractivity contribution in [3.8, 4) is 0 Å². The first-order chi connectivity index (χ1) is 5.75. The first kappa shape index (κ1) is 9.13. The standard InChI is InChI=1S/C9H11NOS/c10-9(11)8(6-12)7-4-2-1-3-5-7/h1-5,8,12H,6H2,(H2,10,11). The predicted molar refractivity (Wildman–Crippen MR) is 52.2 cm³/mol. The second-order valence-electron chi connectivity index (χ2n) is 2.55. The van der Waals surface area contributed by atoms with E-state index in [1.54, 1.807) is 0 Å². The van der Waals surface area contributed by atoms with E-state index in [9.17, 15) is 4.79 Å². The molecule has 0 aliphatic heterocycles. The van der Waals surface area contributed by atoms with Gasteiger partial charge in [-0.05, 0) is 5.56 Å². The molecule has 1 amide bonds. The van der Waals surface area contributed by atoms with E-state index in [1.165, 1.54) is 0 Å². The van der Waals surface area contributed by atoms with Crippen molar-refractivity contribution < 1.29 is 4.79 Å². The van der Waals surface area contributed by atoms with E-state index in [1.807, 2.05) is 30.3 Å². The Bertz CT molecular complexity index is 260. The van der Waals surface area contributed by atoms with E-state index >= 15 is 0 Å². The lowest BCUT2D eigenvalue weighted by Gasteiger charge is -2.09. The van der Waals surface area contributed by atoms with Crippen LogP contribution in [-0.2, 0) is 4.79 Å². The number of carbonyl (C=O) groups excluding carboxylic acids is 1. The van der Waals surface area contributed by atoms with Crippen molar-refractivity contribution in [3.63, 3.8) is 0 Å². The quantitative estimate of drug-likeness (QED) is 0.676. The van der Waals surface area contributed by atoms with Crippen LogP contribution in [0.15, 0.2) is 30.3 Å². The van der Waals surface area contributed by atoms with Crippen molar-refractivity contribution in [2.45, 2.75) is 5.92 Å². The summed E-state index contributed by atoms with van der Waals surface area (Å²) < 4.78 is 0. The summed E-state index contributed by atoms with van der Waals surface area (Å²) in [6, 6.07) is 9.43. The van der Waals surface area contributed by atoms with Crippen molar-refractivity contribution in [1.82, 2.24) is 0 Å². The van der Waals surface area contributed by atoms with E-state index in [0.717, 1.165) is 5.56 Å². The first-order valence-corrected chi connectivity index (χ1v) is 4.34. The lowest BCUT2D eigenvalue weighted by atomic mass is 10.0. The number of rotatable bonds is 3. The number of benzene rings is 1. The third kappa shape index (κ3) is 2.01. The van der Waals surface area contributed by atoms with Crippen molar-refractivity contribution in [2.75, 3.05) is 5.75 Å². The number of hydrogen-bond donors (Lipinski definition) is 2. The van der Waals surface area contributed by atoms with Crippen molar-refractivity contribution in [3.05, 3.63) is 35.9 Å². The normalized spacial score (nSPS) is 12.4. The highest BCUT2D eigenvalue weighted by Crippen LogP contribution is 2.15. The van der Waals surface area contributed by atoms with Crippen LogP contribution in [0.5, 0.6) is 0 Å². The maximum Gasteiger partial charge on any atom is 0.225 e. The van der Waals surface area contributed by atoms with Gasteiger partial charge in [0.1, 0.15) is 0 Å². The van der Waals surface area contributed by atoms with Gasteiger partial charge in [-0.3, -0.25) is 4.79 Å². The van der Waals surface area contributed by atoms with Crippen LogP contribution >= 0.6 is 12.6 Å². The van der Waals surface area contributed by atoms with Crippen LogP contribution in [0.3, 0.4) is 0 Å². The third-order valence-electron chi connectivity index (χ3n) is 1.73. The highest BCUT2D eigenvalue weighted by molar-refractivity contribution is 7.80. The number of amides is 1. The molecule has 1 rings (SSSR count). The number of primary amides is 1. The minimum absolute atomic E-state index is 0.269. The molecule has 1 aromatic carbocycles. The molecule has 2 N–H and O–H groups in total. The zero-order valence-electron chi connectivity index (χ0n) is 6.60. The van der Waals surface area contributed by atoms with Gasteiger partial charge in [0.05, 0.1) is 5.92 Å². The van der Waals surface area contributed by atoms with E-state index in [4.69, 9.17) is 5.73 Å². The average Bonchev–Trinajstić information content (AvgIpc) is 2.07. The summed E-state index contributed by atoms with van der Waals surface area (Å²) >= 11 is 4.07. The minimum atomic E-state index is -0.323. The van der Waals surface area contributed by atoms with Gasteiger partial charge in [-0.25, -0.2) is 0 Å². The Morgan fingerprint density at radius 3 is 2.42 bits per heavy atom. The van der Waals surface area contributed by atoms with Crippen molar-refractivity contribution >= 4 is 18.5 Å². The fraction of sp³-hybridized carbons (Fsp3) is 0.222. The predicted octanol–water partition coefficient (Wildman–Crippen LogP) is 1.19. The van der Waals surface area contributed by atoms with E-state index in [-0.39, 0.29) is 11.8 Å². The van der Waals surface area contributed by atoms with E-state index in [2.05, 4.69) is 12.6 Å². The summed E-state index contributed by atoms with van der Waals surface area (Å²) in [4.78, 5) is 10.9. The highest BCUT2D eigenvalue weighted by Gasteiger charge is 2.14. The second kappa shape index (κ2) is 4.16. The largest absolute Gasteiger partial charge is 0.369 e. The zero-order chi connectivity index (χ0) is 8.97. The Kier molecular flexibility index (Phi) is 3.17. The summed E-state index contributed by atoms with van der Waals surface area (Å²) in [6.45, 7) is 0. The van der Waals surface area contributed by atoms with Gasteiger partial charge < -0.3 is 5.73 Å². The molecule has 3 heteroatoms. The number of nitrogens with two attached hydrogens (primary N) is 1. The van der Waals surface area contributed by atoms with Gasteiger partial charge in [-0.1, -0.05) is 30.3 Å². The molecule has 0 fully saturated rings. The van der Waals surface area contributed by atoms with Crippen molar-refractivity contribution in [1.29, 1.82) is 0 Å². The molecular formula is C9H11NOS. The van der Waals surface area contributed by atoms with Gasteiger partial charge in [-0.2, -0.15) is 12.6 Å². The lowest BCUT2D eigenvalue weighted by molar-refractivity contribution is -0.118. The van der Waals surface area contributed by atoms with Crippen LogP contribution in [0, 0.1) is 0 Å². The Balaban J connectivity index is 2.88. The molecule has 0 spiro atoms. The average molecular weight is 181 g/mol. The monoisotopic (exact) mass is 181 g/mol. The first-order valence-electron chi connectivity index (χ1n) is 3.71. The molecule has 0 bridgehead atoms. The summed E-state index contributed by atoms with van der Waals surface area (Å²) in [5, 5.41) is 0. The lowest BCUT2D eigenvalue weighted by Crippen LogP contribution is -2.22. The van der Waals surface area contributed by atoms with Gasteiger partial charge >= 0.3 is 0 Å². The van der Waals surface area contributed by atoms with Crippen LogP contribution in [0.25, 0.3) is 0 Å². The molecular weight excluding hydrogens is 170 g/mol. The number of hydrogen-bond acceptors (Lipinski definition) is 2. The topological polar surface area (TPSA) is 43.1 Å². The Hall–Kier alpha value is -0.960. The third-order valence-corrected chi connectivity index (χ3v) is 2.09. The summed E-state index contributed by atoms with van der Waals surface area (Å²) in [5.41, 5.74) is 6.12. The Morgan fingerprint density at radius 1 is 1.42 bits per heavy atom. The van der Waals surface area contributed by atoms with Crippen LogP contribution in [-0.4, -0.2) is 11.7 Å². The molecule has 0 aliphatic carbocycles. The summed E-state index contributed by atoms with van der Waals surface area (Å²) in [7, 11) is 0. The van der Waals surface area contributed by atoms with E-state index < -0.39 is 0 Å². The number of carbonyl (C=O) groups is 1. The summed E-state index contributed by atoms with van der Waals surface area (Å²) in [5.74, 6) is -0.134. The maximum absolute atomic E-state index is 10.9. The minimum Gasteiger partial charge on any atom is -0.369 e. The SMILES string of the molecule is NC(=O)C(CS)c1ccccc1. The molecule has 0 saturated carbocycles. The molecule has 1 unspecified atom stereocenters. The Labute approximate surface area is 77.2 Å². The van der Waals surface area contributed by atoms with Crippen LogP contribution < -0.4 is 5.73 Å². The smallest absolute Gasteiger partial charge is 0.225 e. The zero-order valence-corrected chi connectivity index (χ0v) is 7.50. The summed E-state index contributed by atoms with van der Waals surface area (Å²) in [6.07, 6.45) is 0. The molecule has 0 heterocycles.